The van der Waals surface area contributed by atoms with Gasteiger partial charge in [0, 0.05) is 0 Å². The Bertz CT molecular complexity index is 135. The molecule has 0 aliphatic carbocycles. The van der Waals surface area contributed by atoms with E-state index in [4.69, 9.17) is 14.7 Å². The van der Waals surface area contributed by atoms with E-state index in [-0.39, 0.29) is 12.8 Å². The first-order valence-electron chi connectivity index (χ1n) is 2.10. The van der Waals surface area contributed by atoms with E-state index in [1.165, 1.54) is 10.2 Å². The molecule has 0 aromatic carbocycles. The van der Waals surface area contributed by atoms with E-state index >= 15 is 0 Å². The third kappa shape index (κ3) is 3.31. The predicted molar refractivity (Wildman–Crippen MR) is 32.0 cm³/mol. The average Bonchev–Trinajstić information content (AvgIpc) is 1.61. The van der Waals surface area contributed by atoms with E-state index in [2.05, 4.69) is 0 Å². The van der Waals surface area contributed by atoms with Gasteiger partial charge in [0.25, 0.3) is 0 Å². The molecule has 8 heteroatoms. The molecule has 7 nitrogen and oxygen atoms in total. The standard InChI is InChI=1S/C2H7N2O5P/c5-1-3-10(7,8,9)4-2-6/h1-2,7-9H,(H,3,5)(H,4,6). The summed E-state index contributed by atoms with van der Waals surface area (Å²) < 4.78 is 0. The summed E-state index contributed by atoms with van der Waals surface area (Å²) in [7, 11) is -5.40. The molecule has 0 aromatic rings. The summed E-state index contributed by atoms with van der Waals surface area (Å²) in [6, 6.07) is 0. The number of hydrogen-bond acceptors (Lipinski definition) is 5. The minimum absolute atomic E-state index is 0.145. The van der Waals surface area contributed by atoms with Crippen molar-refractivity contribution in [3.05, 3.63) is 0 Å². The Balaban J connectivity index is 4.23. The number of carbonyl (C=O) groups is 2. The molecule has 0 saturated heterocycles. The van der Waals surface area contributed by atoms with E-state index in [0.717, 1.165) is 0 Å². The zero-order valence-electron chi connectivity index (χ0n) is 4.76. The number of carbonyl (C=O) groups excluding carboxylic acids is 2. The molecular formula is C2H7N2O5P. The van der Waals surface area contributed by atoms with E-state index < -0.39 is 7.59 Å². The van der Waals surface area contributed by atoms with Crippen molar-refractivity contribution in [3.8, 4) is 0 Å². The van der Waals surface area contributed by atoms with E-state index in [1.807, 2.05) is 0 Å². The number of amides is 2. The van der Waals surface area contributed by atoms with Crippen molar-refractivity contribution in [3.63, 3.8) is 0 Å². The maximum absolute atomic E-state index is 9.59. The molecule has 5 N–H and O–H groups in total. The fourth-order valence-corrected chi connectivity index (χ4v) is 0.694. The first-order chi connectivity index (χ1) is 4.39. The van der Waals surface area contributed by atoms with Crippen molar-refractivity contribution in [1.82, 2.24) is 10.2 Å². The Morgan fingerprint density at radius 3 is 1.50 bits per heavy atom. The number of hydrogen-bond donors (Lipinski definition) is 5. The first-order valence-corrected chi connectivity index (χ1v) is 4.19. The minimum atomic E-state index is -5.40. The summed E-state index contributed by atoms with van der Waals surface area (Å²) in [5, 5.41) is 2.55. The van der Waals surface area contributed by atoms with Crippen LogP contribution in [0.1, 0.15) is 0 Å². The molecule has 0 heterocycles. The van der Waals surface area contributed by atoms with Crippen LogP contribution in [0.5, 0.6) is 0 Å². The van der Waals surface area contributed by atoms with Crippen LogP contribution < -0.4 is 10.2 Å². The van der Waals surface area contributed by atoms with Crippen molar-refractivity contribution in [2.24, 2.45) is 0 Å². The predicted octanol–water partition coefficient (Wildman–Crippen LogP) is -2.42. The van der Waals surface area contributed by atoms with Crippen molar-refractivity contribution in [1.29, 1.82) is 0 Å². The second-order valence-corrected chi connectivity index (χ2v) is 3.95. The number of nitrogens with one attached hydrogen (secondary N) is 2. The van der Waals surface area contributed by atoms with Gasteiger partial charge in [-0.1, -0.05) is 0 Å². The van der Waals surface area contributed by atoms with Gasteiger partial charge in [-0.3, -0.25) is 0 Å². The first kappa shape index (κ1) is 9.25. The molecule has 0 fully saturated rings. The van der Waals surface area contributed by atoms with Crippen LogP contribution in [-0.2, 0) is 9.59 Å². The van der Waals surface area contributed by atoms with Crippen LogP contribution in [0.25, 0.3) is 0 Å². The van der Waals surface area contributed by atoms with Crippen LogP contribution in [0, 0.1) is 0 Å². The Labute approximate surface area is 56.0 Å². The molecule has 0 aliphatic heterocycles. The van der Waals surface area contributed by atoms with Crippen LogP contribution >= 0.6 is 7.59 Å². The summed E-state index contributed by atoms with van der Waals surface area (Å²) in [5.74, 6) is 0. The molecule has 0 atom stereocenters. The van der Waals surface area contributed by atoms with Gasteiger partial charge >= 0.3 is 54.8 Å². The molecule has 2 amide bonds. The molecule has 0 saturated carbocycles. The van der Waals surface area contributed by atoms with Crippen LogP contribution in [0.3, 0.4) is 0 Å². The van der Waals surface area contributed by atoms with Gasteiger partial charge in [-0.2, -0.15) is 0 Å². The van der Waals surface area contributed by atoms with Crippen LogP contribution in [0.15, 0.2) is 0 Å². The summed E-state index contributed by atoms with van der Waals surface area (Å²) in [6.07, 6.45) is -0.289. The SMILES string of the molecule is O=CNP(O)(O)(O)NC=O. The second kappa shape index (κ2) is 2.47. The van der Waals surface area contributed by atoms with Crippen molar-refractivity contribution in [2.75, 3.05) is 0 Å². The third-order valence-electron chi connectivity index (χ3n) is 0.581. The maximum atomic E-state index is 9.59. The molecule has 0 unspecified atom stereocenters. The van der Waals surface area contributed by atoms with Gasteiger partial charge < -0.3 is 0 Å². The summed E-state index contributed by atoms with van der Waals surface area (Å²) in [5.41, 5.74) is 0. The number of rotatable bonds is 4. The zero-order chi connectivity index (χ0) is 8.28. The molecule has 0 aromatic heterocycles. The molecule has 10 heavy (non-hydrogen) atoms. The van der Waals surface area contributed by atoms with Gasteiger partial charge in [0.15, 0.2) is 0 Å². The Kier molecular flexibility index (Phi) is 2.28. The third-order valence-corrected chi connectivity index (χ3v) is 1.74. The monoisotopic (exact) mass is 170 g/mol. The van der Waals surface area contributed by atoms with Gasteiger partial charge in [-0.15, -0.1) is 0 Å². The zero-order valence-corrected chi connectivity index (χ0v) is 5.65. The fraction of sp³-hybridized carbons (Fsp3) is 0. The van der Waals surface area contributed by atoms with Crippen molar-refractivity contribution in [2.45, 2.75) is 0 Å². The van der Waals surface area contributed by atoms with Gasteiger partial charge in [0.2, 0.25) is 0 Å². The fourth-order valence-electron chi connectivity index (χ4n) is 0.231. The summed E-state index contributed by atoms with van der Waals surface area (Å²) in [4.78, 5) is 44.8. The van der Waals surface area contributed by atoms with E-state index in [1.54, 1.807) is 0 Å². The molecular weight excluding hydrogens is 163 g/mol. The van der Waals surface area contributed by atoms with Gasteiger partial charge in [0.1, 0.15) is 0 Å². The molecule has 0 bridgehead atoms. The normalized spacial score (nSPS) is 14.5. The van der Waals surface area contributed by atoms with Gasteiger partial charge in [0.05, 0.1) is 0 Å². The molecule has 0 rings (SSSR count). The molecule has 0 aliphatic rings. The van der Waals surface area contributed by atoms with Crippen LogP contribution in [0.4, 0.5) is 0 Å². The Hall–Kier alpha value is -0.750. The summed E-state index contributed by atoms with van der Waals surface area (Å²) in [6.45, 7) is 0. The van der Waals surface area contributed by atoms with Gasteiger partial charge in [-0.25, -0.2) is 0 Å². The topological polar surface area (TPSA) is 119 Å². The van der Waals surface area contributed by atoms with E-state index in [9.17, 15) is 9.59 Å². The molecule has 0 radical (unpaired) electrons. The Morgan fingerprint density at radius 2 is 1.30 bits per heavy atom. The van der Waals surface area contributed by atoms with Crippen LogP contribution in [-0.4, -0.2) is 27.5 Å². The van der Waals surface area contributed by atoms with Crippen molar-refractivity contribution >= 4 is 20.4 Å². The van der Waals surface area contributed by atoms with Gasteiger partial charge in [-0.05, 0) is 0 Å². The average molecular weight is 170 g/mol. The quantitative estimate of drug-likeness (QED) is 0.237. The Morgan fingerprint density at radius 1 is 1.00 bits per heavy atom. The molecule has 0 spiro atoms. The van der Waals surface area contributed by atoms with Crippen LogP contribution in [0.2, 0.25) is 0 Å². The second-order valence-electron chi connectivity index (χ2n) is 1.47. The van der Waals surface area contributed by atoms with E-state index in [0.29, 0.717) is 0 Å². The van der Waals surface area contributed by atoms with Crippen molar-refractivity contribution < 1.29 is 24.3 Å². The molecule has 60 valence electrons. The summed E-state index contributed by atoms with van der Waals surface area (Å²) >= 11 is 0.